The van der Waals surface area contributed by atoms with Crippen LogP contribution in [-0.2, 0) is 22.6 Å². The van der Waals surface area contributed by atoms with Gasteiger partial charge in [0.1, 0.15) is 12.4 Å². The number of aromatic nitrogens is 1. The van der Waals surface area contributed by atoms with Crippen molar-refractivity contribution < 1.29 is 33.1 Å². The Morgan fingerprint density at radius 3 is 2.19 bits per heavy atom. The van der Waals surface area contributed by atoms with E-state index in [1.54, 1.807) is 0 Å². The summed E-state index contributed by atoms with van der Waals surface area (Å²) < 4.78 is 10.6. The molecule has 0 spiro atoms. The Bertz CT molecular complexity index is 933. The largest absolute Gasteiger partial charge is 1.00 e. The summed E-state index contributed by atoms with van der Waals surface area (Å²) in [7, 11) is 1.42. The third kappa shape index (κ3) is 9.52. The number of nitrogens with zero attached hydrogens (tertiary/aromatic N) is 1. The third-order valence-electron chi connectivity index (χ3n) is 4.62. The van der Waals surface area contributed by atoms with E-state index in [9.17, 15) is 4.79 Å². The van der Waals surface area contributed by atoms with Gasteiger partial charge in [-0.1, -0.05) is 65.0 Å². The number of hydrogen-bond donors (Lipinski definition) is 1. The van der Waals surface area contributed by atoms with E-state index in [1.807, 2.05) is 55.5 Å². The molecule has 0 bridgehead atoms. The van der Waals surface area contributed by atoms with Crippen LogP contribution < -0.4 is 23.6 Å². The smallest absolute Gasteiger partial charge is 0.658 e. The van der Waals surface area contributed by atoms with Crippen molar-refractivity contribution in [1.29, 1.82) is 0 Å². The summed E-state index contributed by atoms with van der Waals surface area (Å²) in [5.41, 5.74) is 3.19. The van der Waals surface area contributed by atoms with E-state index in [1.165, 1.54) is 7.11 Å². The summed E-state index contributed by atoms with van der Waals surface area (Å²) in [5.74, 6) is 0.468. The number of fused-ring (bicyclic) bond motifs is 1. The quantitative estimate of drug-likeness (QED) is 0.441. The molecule has 0 aliphatic heterocycles. The van der Waals surface area contributed by atoms with Gasteiger partial charge >= 0.3 is 24.8 Å². The van der Waals surface area contributed by atoms with Gasteiger partial charge in [0.15, 0.2) is 0 Å². The zero-order chi connectivity index (χ0) is 22.8. The second kappa shape index (κ2) is 14.1. The molecular formula is C26H35LiN2O3. The van der Waals surface area contributed by atoms with E-state index in [-0.39, 0.29) is 30.7 Å². The number of aromatic amines is 1. The van der Waals surface area contributed by atoms with Crippen molar-refractivity contribution in [3.8, 4) is 5.75 Å². The van der Waals surface area contributed by atoms with Crippen LogP contribution in [0.4, 0.5) is 0 Å². The molecule has 1 aromatic heterocycles. The van der Waals surface area contributed by atoms with Gasteiger partial charge in [-0.05, 0) is 29.8 Å². The predicted molar refractivity (Wildman–Crippen MR) is 128 cm³/mol. The van der Waals surface area contributed by atoms with Crippen molar-refractivity contribution in [2.45, 2.75) is 59.7 Å². The molecule has 1 N–H and O–H groups in total. The maximum absolute atomic E-state index is 11.5. The van der Waals surface area contributed by atoms with Gasteiger partial charge in [0.2, 0.25) is 0 Å². The number of nitrogens with one attached hydrogen (secondary N) is 1. The van der Waals surface area contributed by atoms with Crippen molar-refractivity contribution in [2.24, 2.45) is 5.92 Å². The van der Waals surface area contributed by atoms with Crippen LogP contribution in [0, 0.1) is 5.92 Å². The fraction of sp³-hybridized carbons (Fsp3) is 0.423. The topological polar surface area (TPSA) is 65.4 Å². The van der Waals surface area contributed by atoms with Gasteiger partial charge in [-0.3, -0.25) is 4.79 Å². The zero-order valence-corrected chi connectivity index (χ0v) is 20.5. The van der Waals surface area contributed by atoms with Crippen LogP contribution in [0.5, 0.6) is 5.75 Å². The summed E-state index contributed by atoms with van der Waals surface area (Å²) in [5, 5.41) is 5.35. The molecule has 6 heteroatoms. The Morgan fingerprint density at radius 2 is 1.62 bits per heavy atom. The fourth-order valence-electron chi connectivity index (χ4n) is 3.32. The summed E-state index contributed by atoms with van der Waals surface area (Å²) in [6, 6.07) is 19.1. The van der Waals surface area contributed by atoms with E-state index in [0.29, 0.717) is 25.1 Å². The molecule has 0 radical (unpaired) electrons. The number of benzene rings is 2. The number of methoxy groups -OCH3 is 1. The minimum atomic E-state index is -0.194. The SMILES string of the molecule is CC(C)[N-]C(C)C.COC(=O)C(C)Cc1cc2cc(OCc3ccccc3)ccc2[nH]1.[Li+]. The summed E-state index contributed by atoms with van der Waals surface area (Å²) >= 11 is 0. The average Bonchev–Trinajstić information content (AvgIpc) is 3.13. The predicted octanol–water partition coefficient (Wildman–Crippen LogP) is 3.28. The van der Waals surface area contributed by atoms with Crippen LogP contribution in [0.1, 0.15) is 45.9 Å². The number of ether oxygens (including phenoxy) is 2. The number of H-pyrrole nitrogens is 1. The Hall–Kier alpha value is -2.19. The molecule has 32 heavy (non-hydrogen) atoms. The number of carbonyl (C=O) groups is 1. The molecule has 0 aliphatic carbocycles. The first kappa shape index (κ1) is 27.8. The van der Waals surface area contributed by atoms with Gasteiger partial charge in [-0.15, -0.1) is 12.1 Å². The molecule has 0 saturated carbocycles. The van der Waals surface area contributed by atoms with Crippen LogP contribution in [0.2, 0.25) is 0 Å². The molecule has 3 aromatic rings. The third-order valence-corrected chi connectivity index (χ3v) is 4.62. The molecule has 0 fully saturated rings. The molecule has 5 nitrogen and oxygen atoms in total. The Morgan fingerprint density at radius 1 is 0.969 bits per heavy atom. The normalized spacial score (nSPS) is 11.5. The van der Waals surface area contributed by atoms with Gasteiger partial charge in [0.05, 0.1) is 13.0 Å². The zero-order valence-electron chi connectivity index (χ0n) is 20.5. The maximum Gasteiger partial charge on any atom is 1.00 e. The summed E-state index contributed by atoms with van der Waals surface area (Å²) in [4.78, 5) is 14.9. The van der Waals surface area contributed by atoms with Gasteiger partial charge in [0, 0.05) is 23.0 Å². The van der Waals surface area contributed by atoms with Gasteiger partial charge in [0.25, 0.3) is 0 Å². The molecule has 2 aromatic carbocycles. The molecular weight excluding hydrogens is 395 g/mol. The van der Waals surface area contributed by atoms with Crippen LogP contribution in [0.25, 0.3) is 16.2 Å². The van der Waals surface area contributed by atoms with E-state index < -0.39 is 0 Å². The van der Waals surface area contributed by atoms with Crippen molar-refractivity contribution in [3.63, 3.8) is 0 Å². The fourth-order valence-corrected chi connectivity index (χ4v) is 3.32. The van der Waals surface area contributed by atoms with Crippen molar-refractivity contribution in [1.82, 2.24) is 4.98 Å². The minimum Gasteiger partial charge on any atom is -0.658 e. The van der Waals surface area contributed by atoms with E-state index in [4.69, 9.17) is 9.47 Å². The van der Waals surface area contributed by atoms with Gasteiger partial charge < -0.3 is 19.8 Å². The first-order valence-electron chi connectivity index (χ1n) is 10.8. The average molecular weight is 431 g/mol. The van der Waals surface area contributed by atoms with Crippen LogP contribution in [0.3, 0.4) is 0 Å². The Labute approximate surface area is 204 Å². The Balaban J connectivity index is 0.000000558. The Kier molecular flexibility index (Phi) is 12.2. The van der Waals surface area contributed by atoms with E-state index >= 15 is 0 Å². The van der Waals surface area contributed by atoms with Gasteiger partial charge in [-0.2, -0.15) is 0 Å². The molecule has 1 unspecified atom stereocenters. The van der Waals surface area contributed by atoms with E-state index in [2.05, 4.69) is 44.1 Å². The molecule has 3 rings (SSSR count). The molecule has 0 aliphatic rings. The number of hydrogen-bond acceptors (Lipinski definition) is 3. The minimum absolute atomic E-state index is 0. The van der Waals surface area contributed by atoms with Gasteiger partial charge in [-0.25, -0.2) is 0 Å². The van der Waals surface area contributed by atoms with E-state index in [0.717, 1.165) is 27.9 Å². The maximum atomic E-state index is 11.5. The standard InChI is InChI=1S/C20H21NO3.C6H14N.Li/c1-14(20(22)23-2)10-17-11-16-12-18(8-9-19(16)21-17)24-13-15-6-4-3-5-7-15;1-5(2)7-6(3)4;/h3-9,11-12,14,21H,10,13H2,1-2H3;5-6H,1-4H3;/q;-1;+1. The number of carbonyl (C=O) groups excluding carboxylic acids is 1. The second-order valence-electron chi connectivity index (χ2n) is 8.28. The van der Waals surface area contributed by atoms with Crippen molar-refractivity contribution in [2.75, 3.05) is 7.11 Å². The molecule has 168 valence electrons. The molecule has 0 amide bonds. The number of esters is 1. The molecule has 1 heterocycles. The van der Waals surface area contributed by atoms with Crippen LogP contribution >= 0.6 is 0 Å². The molecule has 1 atom stereocenters. The first-order valence-corrected chi connectivity index (χ1v) is 10.8. The second-order valence-corrected chi connectivity index (χ2v) is 8.28. The van der Waals surface area contributed by atoms with Crippen molar-refractivity contribution >= 4 is 16.9 Å². The first-order chi connectivity index (χ1) is 14.8. The van der Waals surface area contributed by atoms with Crippen LogP contribution in [0.15, 0.2) is 54.6 Å². The number of rotatable bonds is 8. The summed E-state index contributed by atoms with van der Waals surface area (Å²) in [6.45, 7) is 10.8. The monoisotopic (exact) mass is 430 g/mol. The van der Waals surface area contributed by atoms with Crippen LogP contribution in [-0.4, -0.2) is 30.1 Å². The van der Waals surface area contributed by atoms with Crippen molar-refractivity contribution in [3.05, 3.63) is 71.2 Å². The molecule has 0 saturated heterocycles. The summed E-state index contributed by atoms with van der Waals surface area (Å²) in [6.07, 6.45) is 0.627.